The van der Waals surface area contributed by atoms with Crippen LogP contribution in [-0.4, -0.2) is 31.0 Å². The lowest BCUT2D eigenvalue weighted by Gasteiger charge is -2.22. The van der Waals surface area contributed by atoms with Crippen LogP contribution in [0.15, 0.2) is 18.2 Å². The zero-order chi connectivity index (χ0) is 14.5. The van der Waals surface area contributed by atoms with Gasteiger partial charge in [0, 0.05) is 6.42 Å². The number of alkyl halides is 3. The molecule has 0 heterocycles. The molecule has 1 aromatic carbocycles. The minimum atomic E-state index is -4.50. The van der Waals surface area contributed by atoms with Gasteiger partial charge in [-0.25, -0.2) is 0 Å². The number of rotatable bonds is 6. The summed E-state index contributed by atoms with van der Waals surface area (Å²) >= 11 is 0. The molecule has 0 bridgehead atoms. The quantitative estimate of drug-likeness (QED) is 0.834. The highest BCUT2D eigenvalue weighted by atomic mass is 19.4. The predicted octanol–water partition coefficient (Wildman–Crippen LogP) is 1.85. The van der Waals surface area contributed by atoms with Gasteiger partial charge in [-0.2, -0.15) is 13.2 Å². The maximum absolute atomic E-state index is 12.7. The van der Waals surface area contributed by atoms with Crippen molar-refractivity contribution in [3.8, 4) is 11.5 Å². The molecule has 7 heteroatoms. The summed E-state index contributed by atoms with van der Waals surface area (Å²) in [6, 6.07) is 4.22. The number of halogens is 3. The summed E-state index contributed by atoms with van der Waals surface area (Å²) in [5, 5.41) is 8.95. The monoisotopic (exact) mass is 279 g/mol. The van der Waals surface area contributed by atoms with E-state index in [4.69, 9.17) is 20.3 Å². The van der Waals surface area contributed by atoms with E-state index in [9.17, 15) is 13.2 Å². The Labute approximate surface area is 108 Å². The molecule has 4 nitrogen and oxygen atoms in total. The maximum atomic E-state index is 12.7. The van der Waals surface area contributed by atoms with Crippen molar-refractivity contribution in [3.63, 3.8) is 0 Å². The van der Waals surface area contributed by atoms with Gasteiger partial charge in [0.2, 0.25) is 0 Å². The van der Waals surface area contributed by atoms with Crippen LogP contribution in [0.2, 0.25) is 0 Å². The molecule has 19 heavy (non-hydrogen) atoms. The van der Waals surface area contributed by atoms with Gasteiger partial charge in [0.25, 0.3) is 0 Å². The summed E-state index contributed by atoms with van der Waals surface area (Å²) in [6.45, 7) is -0.372. The lowest BCUT2D eigenvalue weighted by Crippen LogP contribution is -2.36. The number of benzene rings is 1. The lowest BCUT2D eigenvalue weighted by atomic mass is 10.2. The predicted molar refractivity (Wildman–Crippen MR) is 63.1 cm³/mol. The Kier molecular flexibility index (Phi) is 5.44. The molecule has 0 aromatic heterocycles. The van der Waals surface area contributed by atoms with E-state index in [1.165, 1.54) is 25.3 Å². The molecular weight excluding hydrogens is 263 g/mol. The van der Waals surface area contributed by atoms with Crippen molar-refractivity contribution in [1.82, 2.24) is 0 Å². The van der Waals surface area contributed by atoms with E-state index >= 15 is 0 Å². The third kappa shape index (κ3) is 4.29. The molecule has 108 valence electrons. The second-order valence-corrected chi connectivity index (χ2v) is 3.87. The van der Waals surface area contributed by atoms with Gasteiger partial charge in [0.1, 0.15) is 0 Å². The number of nitrogens with two attached hydrogens (primary N) is 1. The van der Waals surface area contributed by atoms with Crippen molar-refractivity contribution >= 4 is 0 Å². The first kappa shape index (κ1) is 15.6. The van der Waals surface area contributed by atoms with Crippen LogP contribution in [0.3, 0.4) is 0 Å². The van der Waals surface area contributed by atoms with Gasteiger partial charge < -0.3 is 20.3 Å². The van der Waals surface area contributed by atoms with Gasteiger partial charge in [0.15, 0.2) is 17.6 Å². The highest BCUT2D eigenvalue weighted by Gasteiger charge is 2.41. The maximum Gasteiger partial charge on any atom is 0.425 e. The van der Waals surface area contributed by atoms with Crippen molar-refractivity contribution < 1.29 is 27.8 Å². The summed E-state index contributed by atoms with van der Waals surface area (Å²) < 4.78 is 48.0. The number of hydrogen-bond donors (Lipinski definition) is 2. The Morgan fingerprint density at radius 2 is 2.00 bits per heavy atom. The minimum absolute atomic E-state index is 0.0320. The molecule has 1 atom stereocenters. The van der Waals surface area contributed by atoms with E-state index in [2.05, 4.69) is 0 Å². The fourth-order valence-electron chi connectivity index (χ4n) is 1.50. The summed E-state index contributed by atoms with van der Waals surface area (Å²) in [7, 11) is 1.31. The van der Waals surface area contributed by atoms with Crippen LogP contribution in [0.4, 0.5) is 13.2 Å². The van der Waals surface area contributed by atoms with Crippen molar-refractivity contribution in [2.24, 2.45) is 5.73 Å². The SMILES string of the molecule is COc1cc(CO)ccc1OC(CCN)C(F)(F)F. The lowest BCUT2D eigenvalue weighted by molar-refractivity contribution is -0.196. The van der Waals surface area contributed by atoms with E-state index in [0.29, 0.717) is 5.56 Å². The van der Waals surface area contributed by atoms with E-state index in [1.54, 1.807) is 0 Å². The van der Waals surface area contributed by atoms with Crippen molar-refractivity contribution in [1.29, 1.82) is 0 Å². The van der Waals surface area contributed by atoms with Crippen molar-refractivity contribution in [3.05, 3.63) is 23.8 Å². The van der Waals surface area contributed by atoms with Gasteiger partial charge in [-0.1, -0.05) is 6.07 Å². The number of hydrogen-bond acceptors (Lipinski definition) is 4. The average Bonchev–Trinajstić information content (AvgIpc) is 2.37. The molecule has 0 saturated heterocycles. The Hall–Kier alpha value is -1.47. The highest BCUT2D eigenvalue weighted by molar-refractivity contribution is 5.43. The molecule has 0 aliphatic carbocycles. The van der Waals surface area contributed by atoms with Crippen LogP contribution in [0, 0.1) is 0 Å². The Morgan fingerprint density at radius 3 is 2.47 bits per heavy atom. The van der Waals surface area contributed by atoms with Crippen LogP contribution < -0.4 is 15.2 Å². The number of aliphatic hydroxyl groups excluding tert-OH is 1. The molecule has 0 radical (unpaired) electrons. The fraction of sp³-hybridized carbons (Fsp3) is 0.500. The molecule has 1 unspecified atom stereocenters. The molecule has 0 amide bonds. The van der Waals surface area contributed by atoms with Gasteiger partial charge in [-0.15, -0.1) is 0 Å². The Balaban J connectivity index is 2.95. The summed E-state index contributed by atoms with van der Waals surface area (Å²) in [6.07, 6.45) is -6.82. The van der Waals surface area contributed by atoms with E-state index in [0.717, 1.165) is 0 Å². The third-order valence-electron chi connectivity index (χ3n) is 2.47. The van der Waals surface area contributed by atoms with Gasteiger partial charge in [-0.3, -0.25) is 0 Å². The second-order valence-electron chi connectivity index (χ2n) is 3.87. The fourth-order valence-corrected chi connectivity index (χ4v) is 1.50. The molecule has 1 aromatic rings. The first-order valence-electron chi connectivity index (χ1n) is 5.63. The average molecular weight is 279 g/mol. The summed E-state index contributed by atoms with van der Waals surface area (Å²) in [5.74, 6) is 0.105. The smallest absolute Gasteiger partial charge is 0.425 e. The molecule has 0 fully saturated rings. The van der Waals surface area contributed by atoms with Gasteiger partial charge in [-0.05, 0) is 24.2 Å². The van der Waals surface area contributed by atoms with Gasteiger partial charge in [0.05, 0.1) is 13.7 Å². The topological polar surface area (TPSA) is 64.7 Å². The normalized spacial score (nSPS) is 13.2. The molecule has 0 saturated carbocycles. The zero-order valence-corrected chi connectivity index (χ0v) is 10.4. The third-order valence-corrected chi connectivity index (χ3v) is 2.47. The molecule has 1 rings (SSSR count). The molecule has 0 spiro atoms. The Bertz CT molecular complexity index is 410. The van der Waals surface area contributed by atoms with Crippen LogP contribution in [0.25, 0.3) is 0 Å². The van der Waals surface area contributed by atoms with E-state index in [-0.39, 0.29) is 31.1 Å². The Morgan fingerprint density at radius 1 is 1.32 bits per heavy atom. The van der Waals surface area contributed by atoms with E-state index in [1.807, 2.05) is 0 Å². The van der Waals surface area contributed by atoms with Gasteiger partial charge >= 0.3 is 6.18 Å². The first-order chi connectivity index (χ1) is 8.92. The van der Waals surface area contributed by atoms with Crippen molar-refractivity contribution in [2.75, 3.05) is 13.7 Å². The molecule has 0 aliphatic rings. The molecular formula is C12H16F3NO3. The zero-order valence-electron chi connectivity index (χ0n) is 10.4. The van der Waals surface area contributed by atoms with Crippen molar-refractivity contribution in [2.45, 2.75) is 25.3 Å². The molecule has 3 N–H and O–H groups in total. The number of methoxy groups -OCH3 is 1. The summed E-state index contributed by atoms with van der Waals surface area (Å²) in [5.41, 5.74) is 5.67. The minimum Gasteiger partial charge on any atom is -0.493 e. The number of aliphatic hydroxyl groups is 1. The van der Waals surface area contributed by atoms with Crippen LogP contribution in [-0.2, 0) is 6.61 Å². The molecule has 0 aliphatic heterocycles. The highest BCUT2D eigenvalue weighted by Crippen LogP contribution is 2.33. The second kappa shape index (κ2) is 6.63. The van der Waals surface area contributed by atoms with Crippen LogP contribution in [0.1, 0.15) is 12.0 Å². The number of ether oxygens (including phenoxy) is 2. The van der Waals surface area contributed by atoms with E-state index < -0.39 is 12.3 Å². The largest absolute Gasteiger partial charge is 0.493 e. The van der Waals surface area contributed by atoms with Crippen LogP contribution in [0.5, 0.6) is 11.5 Å². The summed E-state index contributed by atoms with van der Waals surface area (Å²) in [4.78, 5) is 0. The standard InChI is InChI=1S/C12H16F3NO3/c1-18-10-6-8(7-17)2-3-9(10)19-11(4-5-16)12(13,14)15/h2-3,6,11,17H,4-5,7,16H2,1H3. The first-order valence-corrected chi connectivity index (χ1v) is 5.63. The van der Waals surface area contributed by atoms with Crippen LogP contribution >= 0.6 is 0 Å².